The zero-order valence-electron chi connectivity index (χ0n) is 8.93. The van der Waals surface area contributed by atoms with Gasteiger partial charge in [-0.15, -0.1) is 23.3 Å². The van der Waals surface area contributed by atoms with E-state index < -0.39 is 0 Å². The van der Waals surface area contributed by atoms with E-state index in [0.717, 1.165) is 13.1 Å². The van der Waals surface area contributed by atoms with Gasteiger partial charge in [0.15, 0.2) is 0 Å². The molecule has 78 valence electrons. The third-order valence-corrected chi connectivity index (χ3v) is 1.21. The minimum absolute atomic E-state index is 1.09. The molecule has 0 saturated heterocycles. The van der Waals surface area contributed by atoms with Gasteiger partial charge in [0.2, 0.25) is 0 Å². The van der Waals surface area contributed by atoms with Gasteiger partial charge >= 0.3 is 0 Å². The quantitative estimate of drug-likeness (QED) is 0.477. The molecule has 0 aliphatic rings. The van der Waals surface area contributed by atoms with Gasteiger partial charge in [-0.1, -0.05) is 47.0 Å². The van der Waals surface area contributed by atoms with Crippen molar-refractivity contribution in [1.82, 2.24) is 5.32 Å². The first-order chi connectivity index (χ1) is 5.83. The summed E-state index contributed by atoms with van der Waals surface area (Å²) in [5.41, 5.74) is 0. The van der Waals surface area contributed by atoms with Crippen molar-refractivity contribution in [2.24, 2.45) is 0 Å². The van der Waals surface area contributed by atoms with Gasteiger partial charge in [0.1, 0.15) is 0 Å². The largest absolute Gasteiger partial charge is 0.317 e. The van der Waals surface area contributed by atoms with E-state index in [9.17, 15) is 0 Å². The summed E-state index contributed by atoms with van der Waals surface area (Å²) in [5.74, 6) is 0. The second-order valence-corrected chi connectivity index (χ2v) is 2.31. The molecule has 0 heterocycles. The van der Waals surface area contributed by atoms with Gasteiger partial charge in [-0.3, -0.25) is 0 Å². The van der Waals surface area contributed by atoms with Gasteiger partial charge < -0.3 is 5.32 Å². The van der Waals surface area contributed by atoms with Crippen molar-refractivity contribution in [3.05, 3.63) is 0 Å². The molecular weight excluding hydrogens is 186 g/mol. The first kappa shape index (κ1) is 18.4. The summed E-state index contributed by atoms with van der Waals surface area (Å²) >= 11 is 6.44. The highest BCUT2D eigenvalue weighted by Gasteiger charge is 1.68. The molecule has 0 radical (unpaired) electrons. The lowest BCUT2D eigenvalue weighted by atomic mass is 10.3. The maximum Gasteiger partial charge on any atom is -0.00775 e. The lowest BCUT2D eigenvalue weighted by molar-refractivity contribution is 0.762. The minimum Gasteiger partial charge on any atom is -0.317 e. The summed E-state index contributed by atoms with van der Waals surface area (Å²) in [6.07, 6.45) is 4.08. The molecule has 0 saturated carbocycles. The summed E-state index contributed by atoms with van der Waals surface area (Å²) in [6, 6.07) is 0. The zero-order chi connectivity index (χ0) is 10.2. The lowest BCUT2D eigenvalue weighted by Gasteiger charge is -1.86. The fourth-order valence-electron chi connectivity index (χ4n) is 0.604. The van der Waals surface area contributed by atoms with Crippen LogP contribution in [-0.2, 0) is 0 Å². The van der Waals surface area contributed by atoms with Crippen LogP contribution in [0.1, 0.15) is 47.0 Å². The molecule has 0 aromatic heterocycles. The highest BCUT2D eigenvalue weighted by molar-refractivity contribution is 8.59. The van der Waals surface area contributed by atoms with Crippen LogP contribution in [0.3, 0.4) is 0 Å². The molecule has 0 aromatic carbocycles. The van der Waals surface area contributed by atoms with Crippen LogP contribution in [-0.4, -0.2) is 13.1 Å². The van der Waals surface area contributed by atoms with E-state index >= 15 is 0 Å². The van der Waals surface area contributed by atoms with E-state index in [0.29, 0.717) is 0 Å². The SMILES string of the molecule is CCCCC.CCNCC.SS. The van der Waals surface area contributed by atoms with Gasteiger partial charge in [0.25, 0.3) is 0 Å². The Morgan fingerprint density at radius 2 is 1.17 bits per heavy atom. The Morgan fingerprint density at radius 1 is 0.833 bits per heavy atom. The van der Waals surface area contributed by atoms with Gasteiger partial charge in [-0.25, -0.2) is 0 Å². The van der Waals surface area contributed by atoms with Crippen LogP contribution in [0.5, 0.6) is 0 Å². The van der Waals surface area contributed by atoms with Crippen molar-refractivity contribution >= 4 is 23.3 Å². The molecule has 3 heteroatoms. The Labute approximate surface area is 88.9 Å². The Bertz CT molecular complexity index is 33.5. The Hall–Kier alpha value is 0.660. The van der Waals surface area contributed by atoms with Crippen LogP contribution >= 0.6 is 23.3 Å². The smallest absolute Gasteiger partial charge is 0.00775 e. The molecule has 12 heavy (non-hydrogen) atoms. The number of hydrogen-bond donors (Lipinski definition) is 3. The second-order valence-electron chi connectivity index (χ2n) is 2.31. The van der Waals surface area contributed by atoms with Gasteiger partial charge in [-0.2, -0.15) is 0 Å². The molecular formula is C9H25NS2. The van der Waals surface area contributed by atoms with Gasteiger partial charge in [-0.05, 0) is 13.1 Å². The molecule has 0 spiro atoms. The van der Waals surface area contributed by atoms with Crippen molar-refractivity contribution in [2.45, 2.75) is 47.0 Å². The van der Waals surface area contributed by atoms with Crippen LogP contribution in [0.25, 0.3) is 0 Å². The third-order valence-electron chi connectivity index (χ3n) is 1.21. The first-order valence-electron chi connectivity index (χ1n) is 4.74. The highest BCUT2D eigenvalue weighted by atomic mass is 33.1. The van der Waals surface area contributed by atoms with Gasteiger partial charge in [0, 0.05) is 0 Å². The lowest BCUT2D eigenvalue weighted by Crippen LogP contribution is -2.09. The number of rotatable bonds is 4. The average molecular weight is 211 g/mol. The summed E-state index contributed by atoms with van der Waals surface area (Å²) in [7, 11) is 0. The molecule has 0 aliphatic heterocycles. The summed E-state index contributed by atoms with van der Waals surface area (Å²) in [4.78, 5) is 0. The van der Waals surface area contributed by atoms with Crippen LogP contribution in [0.15, 0.2) is 0 Å². The van der Waals surface area contributed by atoms with E-state index in [1.807, 2.05) is 0 Å². The van der Waals surface area contributed by atoms with Crippen molar-refractivity contribution < 1.29 is 0 Å². The van der Waals surface area contributed by atoms with Crippen LogP contribution in [0.2, 0.25) is 0 Å². The predicted octanol–water partition coefficient (Wildman–Crippen LogP) is 3.57. The van der Waals surface area contributed by atoms with Crippen LogP contribution in [0.4, 0.5) is 0 Å². The Morgan fingerprint density at radius 3 is 1.17 bits per heavy atom. The number of unbranched alkanes of at least 4 members (excludes halogenated alkanes) is 2. The molecule has 1 N–H and O–H groups in total. The van der Waals surface area contributed by atoms with E-state index in [4.69, 9.17) is 0 Å². The van der Waals surface area contributed by atoms with Crippen LogP contribution < -0.4 is 5.32 Å². The highest BCUT2D eigenvalue weighted by Crippen LogP contribution is 1.88. The molecule has 0 amide bonds. The van der Waals surface area contributed by atoms with Crippen molar-refractivity contribution in [2.75, 3.05) is 13.1 Å². The number of thiol groups is 2. The van der Waals surface area contributed by atoms with E-state index in [-0.39, 0.29) is 0 Å². The standard InChI is InChI=1S/C5H12.C4H11N.H2S2/c2*1-3-5-4-2;1-2/h3-5H2,1-2H3;5H,3-4H2,1-2H3;1-2H. The number of hydrogen-bond acceptors (Lipinski definition) is 3. The maximum absolute atomic E-state index is 3.22. The molecule has 0 unspecified atom stereocenters. The zero-order valence-corrected chi connectivity index (χ0v) is 10.7. The minimum atomic E-state index is 1.09. The Balaban J connectivity index is -0.000000112. The van der Waals surface area contributed by atoms with E-state index in [1.165, 1.54) is 19.3 Å². The van der Waals surface area contributed by atoms with Gasteiger partial charge in [0.05, 0.1) is 0 Å². The molecule has 0 aromatic rings. The summed E-state index contributed by atoms with van der Waals surface area (Å²) in [6.45, 7) is 10.8. The molecule has 0 atom stereocenters. The fourth-order valence-corrected chi connectivity index (χ4v) is 0.604. The topological polar surface area (TPSA) is 12.0 Å². The average Bonchev–Trinajstić information content (AvgIpc) is 2.12. The fraction of sp³-hybridized carbons (Fsp3) is 1.00. The van der Waals surface area contributed by atoms with Crippen molar-refractivity contribution in [1.29, 1.82) is 0 Å². The summed E-state index contributed by atoms with van der Waals surface area (Å²) < 4.78 is 0. The predicted molar refractivity (Wildman–Crippen MR) is 67.4 cm³/mol. The monoisotopic (exact) mass is 211 g/mol. The normalized spacial score (nSPS) is 7.50. The Kier molecular flexibility index (Phi) is 45.9. The first-order valence-corrected chi connectivity index (χ1v) is 6.34. The molecule has 1 nitrogen and oxygen atoms in total. The maximum atomic E-state index is 3.22. The van der Waals surface area contributed by atoms with Crippen molar-refractivity contribution in [3.63, 3.8) is 0 Å². The molecule has 0 aliphatic carbocycles. The molecule has 0 fully saturated rings. The molecule has 0 bridgehead atoms. The van der Waals surface area contributed by atoms with Crippen LogP contribution in [0, 0.1) is 0 Å². The van der Waals surface area contributed by atoms with E-state index in [1.54, 1.807) is 0 Å². The third kappa shape index (κ3) is 45.8. The molecule has 0 rings (SSSR count). The second kappa shape index (κ2) is 29.9. The van der Waals surface area contributed by atoms with E-state index in [2.05, 4.69) is 56.3 Å². The van der Waals surface area contributed by atoms with Crippen molar-refractivity contribution in [3.8, 4) is 0 Å². The summed E-state index contributed by atoms with van der Waals surface area (Å²) in [5, 5.41) is 3.11. The number of nitrogens with one attached hydrogen (secondary N) is 1.